The van der Waals surface area contributed by atoms with Gasteiger partial charge in [-0.1, -0.05) is 30.3 Å². The summed E-state index contributed by atoms with van der Waals surface area (Å²) in [6, 6.07) is 17.8. The molecular formula is C25H35Cl3N4O. The summed E-state index contributed by atoms with van der Waals surface area (Å²) in [6.45, 7) is 8.12. The standard InChI is InChI=1S/C25H32N4O.3ClH/c1-17-18(2)28-29(19(17)3)22-12-13-24(30-4)21(15-22)16-27-23-11-8-14-26-25(23)20-9-6-5-7-10-20;;;/h5-7,9-10,12-13,15,23,25-27H,8,11,14,16H2,1-4H3;3*1H/t23-,25-;;;/m0.../s1. The monoisotopic (exact) mass is 512 g/mol. The molecule has 0 aliphatic carbocycles. The summed E-state index contributed by atoms with van der Waals surface area (Å²) in [5, 5.41) is 12.2. The lowest BCUT2D eigenvalue weighted by atomic mass is 9.92. The molecule has 0 radical (unpaired) electrons. The molecule has 0 bridgehead atoms. The number of ether oxygens (including phenoxy) is 1. The second-order valence-electron chi connectivity index (χ2n) is 8.18. The normalized spacial score (nSPS) is 17.3. The molecule has 3 aromatic rings. The van der Waals surface area contributed by atoms with Crippen LogP contribution < -0.4 is 15.4 Å². The Hall–Kier alpha value is -1.76. The predicted molar refractivity (Wildman–Crippen MR) is 143 cm³/mol. The SMILES string of the molecule is COc1ccc(-n2nc(C)c(C)c2C)cc1CN[C@H]1CCCN[C@H]1c1ccccc1.Cl.Cl.Cl. The number of halogens is 3. The minimum Gasteiger partial charge on any atom is -0.496 e. The van der Waals surface area contributed by atoms with E-state index in [1.165, 1.54) is 23.2 Å². The first-order valence-corrected chi connectivity index (χ1v) is 10.8. The van der Waals surface area contributed by atoms with Crippen LogP contribution in [0, 0.1) is 20.8 Å². The number of methoxy groups -OCH3 is 1. The molecule has 0 unspecified atom stereocenters. The Morgan fingerprint density at radius 2 is 1.79 bits per heavy atom. The van der Waals surface area contributed by atoms with Crippen molar-refractivity contribution in [1.82, 2.24) is 20.4 Å². The maximum atomic E-state index is 5.66. The van der Waals surface area contributed by atoms with E-state index >= 15 is 0 Å². The van der Waals surface area contributed by atoms with E-state index in [2.05, 4.69) is 73.9 Å². The minimum atomic E-state index is 0. The van der Waals surface area contributed by atoms with Crippen molar-refractivity contribution in [1.29, 1.82) is 0 Å². The Balaban J connectivity index is 0.00000181. The second kappa shape index (κ2) is 13.2. The van der Waals surface area contributed by atoms with Crippen LogP contribution in [0.25, 0.3) is 5.69 Å². The van der Waals surface area contributed by atoms with E-state index in [1.807, 2.05) is 10.7 Å². The molecule has 2 aromatic carbocycles. The third-order valence-corrected chi connectivity index (χ3v) is 6.33. The number of piperidine rings is 1. The van der Waals surface area contributed by atoms with Crippen molar-refractivity contribution in [3.63, 3.8) is 0 Å². The molecule has 0 amide bonds. The summed E-state index contributed by atoms with van der Waals surface area (Å²) in [4.78, 5) is 0. The van der Waals surface area contributed by atoms with Crippen LogP contribution in [0.3, 0.4) is 0 Å². The molecule has 1 aliphatic rings. The predicted octanol–water partition coefficient (Wildman–Crippen LogP) is 5.65. The Bertz CT molecular complexity index is 1010. The zero-order chi connectivity index (χ0) is 21.1. The number of aromatic nitrogens is 2. The van der Waals surface area contributed by atoms with Crippen LogP contribution in [0.2, 0.25) is 0 Å². The molecule has 2 N–H and O–H groups in total. The molecule has 33 heavy (non-hydrogen) atoms. The third-order valence-electron chi connectivity index (χ3n) is 6.33. The Morgan fingerprint density at radius 3 is 2.42 bits per heavy atom. The number of aryl methyl sites for hydroxylation is 1. The molecule has 2 heterocycles. The Kier molecular flexibility index (Phi) is 11.7. The number of hydrogen-bond donors (Lipinski definition) is 2. The van der Waals surface area contributed by atoms with Gasteiger partial charge >= 0.3 is 0 Å². The quantitative estimate of drug-likeness (QED) is 0.447. The molecule has 182 valence electrons. The summed E-state index contributed by atoms with van der Waals surface area (Å²) in [6.07, 6.45) is 2.34. The summed E-state index contributed by atoms with van der Waals surface area (Å²) >= 11 is 0. The lowest BCUT2D eigenvalue weighted by molar-refractivity contribution is 0.303. The van der Waals surface area contributed by atoms with Crippen molar-refractivity contribution in [3.8, 4) is 11.4 Å². The van der Waals surface area contributed by atoms with Crippen molar-refractivity contribution in [2.24, 2.45) is 0 Å². The molecule has 8 heteroatoms. The summed E-state index contributed by atoms with van der Waals surface area (Å²) in [5.74, 6) is 0.907. The first-order valence-electron chi connectivity index (χ1n) is 10.8. The third kappa shape index (κ3) is 6.43. The van der Waals surface area contributed by atoms with Crippen molar-refractivity contribution < 1.29 is 4.74 Å². The number of benzene rings is 2. The number of rotatable bonds is 6. The fraction of sp³-hybridized carbons (Fsp3) is 0.400. The first-order chi connectivity index (χ1) is 14.6. The van der Waals surface area contributed by atoms with E-state index in [-0.39, 0.29) is 37.2 Å². The molecule has 4 rings (SSSR count). The van der Waals surface area contributed by atoms with E-state index in [4.69, 9.17) is 9.84 Å². The van der Waals surface area contributed by atoms with E-state index in [0.717, 1.165) is 42.2 Å². The highest BCUT2D eigenvalue weighted by atomic mass is 35.5. The van der Waals surface area contributed by atoms with E-state index < -0.39 is 0 Å². The summed E-state index contributed by atoms with van der Waals surface area (Å²) in [5.41, 5.74) is 7.05. The zero-order valence-corrected chi connectivity index (χ0v) is 22.1. The number of nitrogens with zero attached hydrogens (tertiary/aromatic N) is 2. The van der Waals surface area contributed by atoms with Gasteiger partial charge in [0, 0.05) is 29.9 Å². The molecule has 5 nitrogen and oxygen atoms in total. The van der Waals surface area contributed by atoms with Gasteiger partial charge in [-0.25, -0.2) is 4.68 Å². The lowest BCUT2D eigenvalue weighted by Crippen LogP contribution is -2.45. The van der Waals surface area contributed by atoms with Crippen LogP contribution in [0.1, 0.15) is 47.0 Å². The Labute approximate surface area is 215 Å². The van der Waals surface area contributed by atoms with Gasteiger partial charge < -0.3 is 15.4 Å². The van der Waals surface area contributed by atoms with Gasteiger partial charge in [0.25, 0.3) is 0 Å². The zero-order valence-electron chi connectivity index (χ0n) is 19.6. The smallest absolute Gasteiger partial charge is 0.123 e. The molecular weight excluding hydrogens is 479 g/mol. The lowest BCUT2D eigenvalue weighted by Gasteiger charge is -2.34. The average molecular weight is 514 g/mol. The van der Waals surface area contributed by atoms with Crippen molar-refractivity contribution in [3.05, 3.63) is 76.6 Å². The maximum Gasteiger partial charge on any atom is 0.123 e. The van der Waals surface area contributed by atoms with Gasteiger partial charge in [-0.2, -0.15) is 5.10 Å². The first kappa shape index (κ1) is 29.3. The van der Waals surface area contributed by atoms with Crippen LogP contribution in [0.5, 0.6) is 5.75 Å². The van der Waals surface area contributed by atoms with Crippen LogP contribution in [0.15, 0.2) is 48.5 Å². The van der Waals surface area contributed by atoms with Gasteiger partial charge in [0.2, 0.25) is 0 Å². The molecule has 0 spiro atoms. The Morgan fingerprint density at radius 1 is 1.06 bits per heavy atom. The average Bonchev–Trinajstić information content (AvgIpc) is 3.05. The molecule has 1 saturated heterocycles. The highest BCUT2D eigenvalue weighted by Gasteiger charge is 2.26. The fourth-order valence-corrected chi connectivity index (χ4v) is 4.37. The summed E-state index contributed by atoms with van der Waals surface area (Å²) < 4.78 is 7.69. The van der Waals surface area contributed by atoms with Gasteiger partial charge in [-0.15, -0.1) is 37.2 Å². The van der Waals surface area contributed by atoms with Crippen molar-refractivity contribution >= 4 is 37.2 Å². The summed E-state index contributed by atoms with van der Waals surface area (Å²) in [7, 11) is 1.74. The van der Waals surface area contributed by atoms with E-state index in [9.17, 15) is 0 Å². The second-order valence-corrected chi connectivity index (χ2v) is 8.18. The molecule has 1 aliphatic heterocycles. The maximum absolute atomic E-state index is 5.66. The van der Waals surface area contributed by atoms with Crippen molar-refractivity contribution in [2.45, 2.75) is 52.2 Å². The van der Waals surface area contributed by atoms with Gasteiger partial charge in [0.05, 0.1) is 18.5 Å². The number of hydrogen-bond acceptors (Lipinski definition) is 4. The van der Waals surface area contributed by atoms with Gasteiger partial charge in [-0.3, -0.25) is 0 Å². The minimum absolute atomic E-state index is 0. The highest BCUT2D eigenvalue weighted by molar-refractivity contribution is 5.86. The van der Waals surface area contributed by atoms with E-state index in [0.29, 0.717) is 12.1 Å². The van der Waals surface area contributed by atoms with Crippen LogP contribution in [-0.2, 0) is 6.54 Å². The van der Waals surface area contributed by atoms with Crippen LogP contribution in [0.4, 0.5) is 0 Å². The molecule has 0 saturated carbocycles. The fourth-order valence-electron chi connectivity index (χ4n) is 4.37. The van der Waals surface area contributed by atoms with Crippen LogP contribution >= 0.6 is 37.2 Å². The largest absolute Gasteiger partial charge is 0.496 e. The van der Waals surface area contributed by atoms with Gasteiger partial charge in [0.15, 0.2) is 0 Å². The topological polar surface area (TPSA) is 51.1 Å². The van der Waals surface area contributed by atoms with Crippen molar-refractivity contribution in [2.75, 3.05) is 13.7 Å². The highest BCUT2D eigenvalue weighted by Crippen LogP contribution is 2.27. The van der Waals surface area contributed by atoms with Gasteiger partial charge in [0.1, 0.15) is 5.75 Å². The van der Waals surface area contributed by atoms with Gasteiger partial charge in [-0.05, 0) is 69.5 Å². The van der Waals surface area contributed by atoms with E-state index in [1.54, 1.807) is 7.11 Å². The molecule has 2 atom stereocenters. The van der Waals surface area contributed by atoms with Crippen LogP contribution in [-0.4, -0.2) is 29.5 Å². The molecule has 1 fully saturated rings. The number of nitrogens with one attached hydrogen (secondary N) is 2. The molecule has 1 aromatic heterocycles.